The van der Waals surface area contributed by atoms with Crippen LogP contribution < -0.4 is 0 Å². The van der Waals surface area contributed by atoms with E-state index in [0.29, 0.717) is 13.0 Å². The quantitative estimate of drug-likeness (QED) is 0.794. The largest absolute Gasteiger partial charge is 0.273 e. The minimum absolute atomic E-state index is 0.0148. The van der Waals surface area contributed by atoms with E-state index < -0.39 is 0 Å². The summed E-state index contributed by atoms with van der Waals surface area (Å²) in [4.78, 5) is 12.2. The number of benzene rings is 2. The van der Waals surface area contributed by atoms with Crippen LogP contribution in [-0.2, 0) is 4.79 Å². The third kappa shape index (κ3) is 3.08. The van der Waals surface area contributed by atoms with Gasteiger partial charge >= 0.3 is 0 Å². The fourth-order valence-corrected chi connectivity index (χ4v) is 2.74. The lowest BCUT2D eigenvalue weighted by Gasteiger charge is -2.17. The molecule has 0 aliphatic carbocycles. The average molecular weight is 292 g/mol. The van der Waals surface area contributed by atoms with E-state index in [4.69, 9.17) is 5.10 Å². The van der Waals surface area contributed by atoms with Gasteiger partial charge in [-0.15, -0.1) is 0 Å². The second-order valence-corrected chi connectivity index (χ2v) is 6.47. The van der Waals surface area contributed by atoms with Gasteiger partial charge in [-0.3, -0.25) is 4.79 Å². The van der Waals surface area contributed by atoms with Crippen molar-refractivity contribution in [2.75, 3.05) is 6.54 Å². The van der Waals surface area contributed by atoms with Gasteiger partial charge in [0, 0.05) is 17.5 Å². The van der Waals surface area contributed by atoms with Gasteiger partial charge in [0.25, 0.3) is 0 Å². The number of amides is 1. The molecule has 2 aromatic rings. The van der Waals surface area contributed by atoms with Gasteiger partial charge in [0.1, 0.15) is 0 Å². The molecule has 0 atom stereocenters. The molecule has 3 nitrogen and oxygen atoms in total. The second kappa shape index (κ2) is 5.76. The van der Waals surface area contributed by atoms with Gasteiger partial charge in [-0.25, -0.2) is 5.01 Å². The number of rotatable bonds is 3. The van der Waals surface area contributed by atoms with Gasteiger partial charge in [-0.1, -0.05) is 74.5 Å². The second-order valence-electron chi connectivity index (χ2n) is 6.47. The summed E-state index contributed by atoms with van der Waals surface area (Å²) >= 11 is 0. The normalized spacial score (nSPS) is 16.6. The maximum Gasteiger partial charge on any atom is 0.243 e. The highest BCUT2D eigenvalue weighted by molar-refractivity contribution is 6.13. The number of hydrogen-bond donors (Lipinski definition) is 0. The lowest BCUT2D eigenvalue weighted by molar-refractivity contribution is -0.127. The molecule has 22 heavy (non-hydrogen) atoms. The molecule has 0 spiro atoms. The van der Waals surface area contributed by atoms with Gasteiger partial charge < -0.3 is 0 Å². The molecule has 1 amide bonds. The Morgan fingerprint density at radius 1 is 0.955 bits per heavy atom. The molecule has 2 aromatic carbocycles. The molecule has 1 aliphatic heterocycles. The molecule has 3 rings (SSSR count). The first-order valence-electron chi connectivity index (χ1n) is 7.55. The predicted molar refractivity (Wildman–Crippen MR) is 88.6 cm³/mol. The molecule has 0 unspecified atom stereocenters. The monoisotopic (exact) mass is 292 g/mol. The molecule has 0 N–H and O–H groups in total. The van der Waals surface area contributed by atoms with Crippen LogP contribution in [0.4, 0.5) is 0 Å². The van der Waals surface area contributed by atoms with Crippen molar-refractivity contribution in [2.45, 2.75) is 20.3 Å². The molecule has 0 saturated carbocycles. The molecular weight excluding hydrogens is 272 g/mol. The minimum atomic E-state index is -0.0148. The van der Waals surface area contributed by atoms with Crippen molar-refractivity contribution in [3.8, 4) is 0 Å². The lowest BCUT2D eigenvalue weighted by Crippen LogP contribution is -2.23. The van der Waals surface area contributed by atoms with Gasteiger partial charge in [0.15, 0.2) is 0 Å². The molecule has 1 fully saturated rings. The Hall–Kier alpha value is -2.42. The standard InChI is InChI=1S/C19H20N2O/c1-19(2)13-17(22)21(14-19)20-18(15-9-5-3-6-10-15)16-11-7-4-8-12-16/h3-12H,13-14H2,1-2H3. The van der Waals surface area contributed by atoms with Crippen LogP contribution in [0, 0.1) is 5.41 Å². The highest BCUT2D eigenvalue weighted by Gasteiger charge is 2.36. The van der Waals surface area contributed by atoms with Crippen molar-refractivity contribution in [2.24, 2.45) is 10.5 Å². The summed E-state index contributed by atoms with van der Waals surface area (Å²) in [5, 5.41) is 6.31. The van der Waals surface area contributed by atoms with Crippen LogP contribution in [0.5, 0.6) is 0 Å². The van der Waals surface area contributed by atoms with Crippen LogP contribution in [0.1, 0.15) is 31.4 Å². The lowest BCUT2D eigenvalue weighted by atomic mass is 9.93. The zero-order valence-corrected chi connectivity index (χ0v) is 13.0. The third-order valence-corrected chi connectivity index (χ3v) is 3.81. The molecule has 1 heterocycles. The number of nitrogens with zero attached hydrogens (tertiary/aromatic N) is 2. The zero-order valence-electron chi connectivity index (χ0n) is 13.0. The van der Waals surface area contributed by atoms with Crippen molar-refractivity contribution in [1.29, 1.82) is 0 Å². The third-order valence-electron chi connectivity index (χ3n) is 3.81. The van der Waals surface area contributed by atoms with Gasteiger partial charge in [-0.2, -0.15) is 5.10 Å². The SMILES string of the molecule is CC1(C)CC(=O)N(N=C(c2ccccc2)c2ccccc2)C1. The predicted octanol–water partition coefficient (Wildman–Crippen LogP) is 3.70. The fraction of sp³-hybridized carbons (Fsp3) is 0.263. The molecule has 0 bridgehead atoms. The summed E-state index contributed by atoms with van der Waals surface area (Å²) in [5.41, 5.74) is 2.86. The van der Waals surface area contributed by atoms with E-state index in [1.807, 2.05) is 60.7 Å². The van der Waals surface area contributed by atoms with E-state index in [9.17, 15) is 4.79 Å². The van der Waals surface area contributed by atoms with E-state index in [0.717, 1.165) is 16.8 Å². The van der Waals surface area contributed by atoms with Crippen LogP contribution in [-0.4, -0.2) is 23.2 Å². The maximum absolute atomic E-state index is 12.2. The van der Waals surface area contributed by atoms with E-state index >= 15 is 0 Å². The molecule has 0 aromatic heterocycles. The Morgan fingerprint density at radius 3 is 1.86 bits per heavy atom. The Labute approximate surface area is 131 Å². The van der Waals surface area contributed by atoms with Gasteiger partial charge in [-0.05, 0) is 5.41 Å². The van der Waals surface area contributed by atoms with E-state index in [1.165, 1.54) is 0 Å². The smallest absolute Gasteiger partial charge is 0.243 e. The molecule has 1 aliphatic rings. The summed E-state index contributed by atoms with van der Waals surface area (Å²) in [6, 6.07) is 20.0. The number of hydrogen-bond acceptors (Lipinski definition) is 2. The van der Waals surface area contributed by atoms with Crippen molar-refractivity contribution >= 4 is 11.6 Å². The summed E-state index contributed by atoms with van der Waals surface area (Å²) < 4.78 is 0. The van der Waals surface area contributed by atoms with E-state index in [-0.39, 0.29) is 11.3 Å². The molecule has 112 valence electrons. The molecule has 1 saturated heterocycles. The van der Waals surface area contributed by atoms with Crippen molar-refractivity contribution in [3.05, 3.63) is 71.8 Å². The highest BCUT2D eigenvalue weighted by Crippen LogP contribution is 2.30. The number of carbonyl (C=O) groups is 1. The van der Waals surface area contributed by atoms with Crippen LogP contribution in [0.15, 0.2) is 65.8 Å². The van der Waals surface area contributed by atoms with Crippen LogP contribution >= 0.6 is 0 Å². The Bertz CT molecular complexity index is 648. The summed E-state index contributed by atoms with van der Waals surface area (Å²) in [7, 11) is 0. The molecule has 3 heteroatoms. The maximum atomic E-state index is 12.2. The van der Waals surface area contributed by atoms with Crippen LogP contribution in [0.3, 0.4) is 0 Å². The first kappa shape index (κ1) is 14.5. The average Bonchev–Trinajstić information content (AvgIpc) is 2.78. The van der Waals surface area contributed by atoms with Crippen molar-refractivity contribution in [1.82, 2.24) is 5.01 Å². The topological polar surface area (TPSA) is 32.7 Å². The van der Waals surface area contributed by atoms with E-state index in [1.54, 1.807) is 5.01 Å². The van der Waals surface area contributed by atoms with Crippen molar-refractivity contribution < 1.29 is 4.79 Å². The summed E-state index contributed by atoms with van der Waals surface area (Å²) in [5.74, 6) is 0.0920. The summed E-state index contributed by atoms with van der Waals surface area (Å²) in [6.07, 6.45) is 0.549. The molecular formula is C19H20N2O. The Balaban J connectivity index is 2.03. The highest BCUT2D eigenvalue weighted by atomic mass is 16.2. The summed E-state index contributed by atoms with van der Waals surface area (Å²) in [6.45, 7) is 4.87. The van der Waals surface area contributed by atoms with Crippen LogP contribution in [0.25, 0.3) is 0 Å². The van der Waals surface area contributed by atoms with Crippen molar-refractivity contribution in [3.63, 3.8) is 0 Å². The van der Waals surface area contributed by atoms with Gasteiger partial charge in [0.05, 0.1) is 12.3 Å². The first-order valence-corrected chi connectivity index (χ1v) is 7.55. The Morgan fingerprint density at radius 2 is 1.45 bits per heavy atom. The number of carbonyl (C=O) groups excluding carboxylic acids is 1. The van der Waals surface area contributed by atoms with E-state index in [2.05, 4.69) is 13.8 Å². The molecule has 0 radical (unpaired) electrons. The minimum Gasteiger partial charge on any atom is -0.273 e. The van der Waals surface area contributed by atoms with Gasteiger partial charge in [0.2, 0.25) is 5.91 Å². The Kier molecular flexibility index (Phi) is 3.80. The number of hydrazone groups is 1. The zero-order chi connectivity index (χ0) is 15.6. The fourth-order valence-electron chi connectivity index (χ4n) is 2.74. The van der Waals surface area contributed by atoms with Crippen LogP contribution in [0.2, 0.25) is 0 Å². The first-order chi connectivity index (χ1) is 10.6.